The van der Waals surface area contributed by atoms with Crippen molar-refractivity contribution < 1.29 is 38.1 Å². The molecular formula is C63H104BrN5O8. The second-order valence-electron chi connectivity index (χ2n) is 28.0. The molecule has 6 rings (SSSR count). The number of hydrogen-bond donors (Lipinski definition) is 1. The first-order valence-electron chi connectivity index (χ1n) is 28.8. The number of carbonyl (C=O) groups excluding carboxylic acids is 4. The number of amides is 2. The summed E-state index contributed by atoms with van der Waals surface area (Å²) >= 11 is 3.73. The van der Waals surface area contributed by atoms with Crippen LogP contribution >= 0.6 is 15.9 Å². The molecule has 2 spiro atoms. The Balaban J connectivity index is 0.000000282. The van der Waals surface area contributed by atoms with E-state index < -0.39 is 33.2 Å². The molecule has 436 valence electrons. The average Bonchev–Trinajstić information content (AvgIpc) is 3.85. The summed E-state index contributed by atoms with van der Waals surface area (Å²) in [5, 5.41) is 0. The summed E-state index contributed by atoms with van der Waals surface area (Å²) < 4.78 is 23.3. The highest BCUT2D eigenvalue weighted by atomic mass is 79.9. The maximum Gasteiger partial charge on any atom is 0.410 e. The quantitative estimate of drug-likeness (QED) is 0.160. The molecular weight excluding hydrogens is 1030 g/mol. The van der Waals surface area contributed by atoms with E-state index in [4.69, 9.17) is 24.7 Å². The van der Waals surface area contributed by atoms with Crippen molar-refractivity contribution in [2.24, 2.45) is 16.6 Å². The highest BCUT2D eigenvalue weighted by molar-refractivity contribution is 9.10. The van der Waals surface area contributed by atoms with Crippen LogP contribution in [0.1, 0.15) is 209 Å². The fraction of sp³-hybridized carbons (Fsp3) is 0.746. The number of rotatable bonds is 12. The van der Waals surface area contributed by atoms with Crippen LogP contribution in [0.5, 0.6) is 0 Å². The van der Waals surface area contributed by atoms with Crippen molar-refractivity contribution in [3.63, 3.8) is 0 Å². The molecule has 0 saturated carbocycles. The van der Waals surface area contributed by atoms with Gasteiger partial charge in [-0.05, 0) is 250 Å². The molecule has 0 unspecified atom stereocenters. The fourth-order valence-electron chi connectivity index (χ4n) is 10.9. The summed E-state index contributed by atoms with van der Waals surface area (Å²) in [6, 6.07) is 13.5. The van der Waals surface area contributed by atoms with E-state index in [0.29, 0.717) is 13.0 Å². The lowest BCUT2D eigenvalue weighted by Gasteiger charge is -2.45. The summed E-state index contributed by atoms with van der Waals surface area (Å²) in [6.07, 6.45) is 11.9. The van der Waals surface area contributed by atoms with Gasteiger partial charge in [0.1, 0.15) is 22.4 Å². The Morgan fingerprint density at radius 1 is 0.506 bits per heavy atom. The van der Waals surface area contributed by atoms with Crippen LogP contribution < -0.4 is 5.73 Å². The third-order valence-electron chi connectivity index (χ3n) is 15.4. The average molecular weight is 1140 g/mol. The lowest BCUT2D eigenvalue weighted by molar-refractivity contribution is -0.167. The molecule has 77 heavy (non-hydrogen) atoms. The van der Waals surface area contributed by atoms with E-state index in [2.05, 4.69) is 76.0 Å². The highest BCUT2D eigenvalue weighted by Gasteiger charge is 2.46. The Bertz CT molecular complexity index is 2270. The summed E-state index contributed by atoms with van der Waals surface area (Å²) in [6.45, 7) is 42.7. The molecule has 4 saturated heterocycles. The molecule has 4 heterocycles. The van der Waals surface area contributed by atoms with Gasteiger partial charge in [0, 0.05) is 54.8 Å². The third kappa shape index (κ3) is 20.7. The van der Waals surface area contributed by atoms with E-state index in [1.54, 1.807) is 0 Å². The van der Waals surface area contributed by atoms with E-state index in [1.807, 2.05) is 121 Å². The molecule has 14 heteroatoms. The number of piperidine rings is 2. The summed E-state index contributed by atoms with van der Waals surface area (Å²) in [7, 11) is 0. The van der Waals surface area contributed by atoms with Crippen LogP contribution in [0.15, 0.2) is 40.9 Å². The van der Waals surface area contributed by atoms with Gasteiger partial charge in [0.25, 0.3) is 0 Å². The predicted molar refractivity (Wildman–Crippen MR) is 315 cm³/mol. The van der Waals surface area contributed by atoms with E-state index >= 15 is 0 Å². The number of nitrogens with two attached hydrogens (primary N) is 1. The second kappa shape index (κ2) is 26.7. The number of hydrogen-bond acceptors (Lipinski definition) is 11. The van der Waals surface area contributed by atoms with Crippen molar-refractivity contribution in [2.75, 3.05) is 45.8 Å². The molecule has 0 atom stereocenters. The van der Waals surface area contributed by atoms with E-state index in [0.717, 1.165) is 97.3 Å². The zero-order valence-corrected chi connectivity index (χ0v) is 52.9. The van der Waals surface area contributed by atoms with Crippen LogP contribution in [-0.2, 0) is 48.0 Å². The minimum absolute atomic E-state index is 0.119. The Kier molecular flexibility index (Phi) is 22.8. The zero-order valence-electron chi connectivity index (χ0n) is 51.3. The normalized spacial score (nSPS) is 18.3. The van der Waals surface area contributed by atoms with E-state index in [-0.39, 0.29) is 35.2 Å². The Morgan fingerprint density at radius 3 is 1.27 bits per heavy atom. The number of aryl methyl sites for hydroxylation is 3. The molecule has 2 N–H and O–H groups in total. The minimum Gasteiger partial charge on any atom is -0.460 e. The van der Waals surface area contributed by atoms with Crippen molar-refractivity contribution in [2.45, 2.75) is 248 Å². The first-order valence-corrected chi connectivity index (χ1v) is 29.6. The maximum atomic E-state index is 12.7. The van der Waals surface area contributed by atoms with Gasteiger partial charge in [0.15, 0.2) is 0 Å². The number of esters is 2. The van der Waals surface area contributed by atoms with Crippen LogP contribution in [-0.4, -0.2) is 123 Å². The molecule has 4 aliphatic heterocycles. The molecule has 0 aliphatic carbocycles. The molecule has 4 fully saturated rings. The second-order valence-corrected chi connectivity index (χ2v) is 28.8. The highest BCUT2D eigenvalue weighted by Crippen LogP contribution is 2.42. The lowest BCUT2D eigenvalue weighted by atomic mass is 9.84. The molecule has 0 radical (unpaired) electrons. The minimum atomic E-state index is -0.502. The van der Waals surface area contributed by atoms with Crippen LogP contribution in [0.4, 0.5) is 9.59 Å². The van der Waals surface area contributed by atoms with Gasteiger partial charge in [-0.2, -0.15) is 0 Å². The van der Waals surface area contributed by atoms with E-state index in [9.17, 15) is 19.2 Å². The van der Waals surface area contributed by atoms with Gasteiger partial charge in [0.05, 0.1) is 10.8 Å². The number of carbonyl (C=O) groups is 4. The van der Waals surface area contributed by atoms with Crippen molar-refractivity contribution in [1.82, 2.24) is 19.6 Å². The van der Waals surface area contributed by atoms with Gasteiger partial charge < -0.3 is 34.5 Å². The number of halogens is 1. The lowest BCUT2D eigenvalue weighted by Crippen LogP contribution is -2.53. The monoisotopic (exact) mass is 1140 g/mol. The number of ether oxygens (including phenoxy) is 4. The predicted octanol–water partition coefficient (Wildman–Crippen LogP) is 13.9. The smallest absolute Gasteiger partial charge is 0.410 e. The molecule has 2 aromatic carbocycles. The van der Waals surface area contributed by atoms with Gasteiger partial charge >= 0.3 is 24.1 Å². The largest absolute Gasteiger partial charge is 0.460 e. The van der Waals surface area contributed by atoms with E-state index in [1.165, 1.54) is 58.0 Å². The molecule has 2 amide bonds. The third-order valence-corrected chi connectivity index (χ3v) is 16.1. The topological polar surface area (TPSA) is 144 Å². The molecule has 0 aromatic heterocycles. The Labute approximate surface area is 474 Å². The SMILES string of the molecule is CC(C)(C)OC(=O)C(C)(C)CCN.Cc1ccc(CN2CCCC23CCN(C(=O)OC(C)(C)C)CC3)c(Br)c1.Cc1ccc(CN2CCCC23CCN(C(=O)OC(C)(C)C)CC3)c(CCCC(C)(C)C(=O)OC(C)(C)C)c1. The zero-order chi connectivity index (χ0) is 58.0. The van der Waals surface area contributed by atoms with Gasteiger partial charge in [-0.3, -0.25) is 19.4 Å². The summed E-state index contributed by atoms with van der Waals surface area (Å²) in [4.78, 5) is 58.4. The molecule has 0 bridgehead atoms. The van der Waals surface area contributed by atoms with Crippen molar-refractivity contribution >= 4 is 40.1 Å². The molecule has 13 nitrogen and oxygen atoms in total. The van der Waals surface area contributed by atoms with Gasteiger partial charge in [0.2, 0.25) is 0 Å². The maximum absolute atomic E-state index is 12.7. The Hall–Kier alpha value is -3.72. The summed E-state index contributed by atoms with van der Waals surface area (Å²) in [5.41, 5.74) is 9.76. The summed E-state index contributed by atoms with van der Waals surface area (Å²) in [5.74, 6) is -0.295. The van der Waals surface area contributed by atoms with Crippen LogP contribution in [0.3, 0.4) is 0 Å². The molecule has 4 aliphatic rings. The first-order chi connectivity index (χ1) is 35.4. The standard InChI is InChI=1S/C32H52N2O4.C21H31BrN2O2.C10H21NO2/c1-24-13-14-26(25(22-24)12-10-15-31(8,9)27(35)37-29(2,3)4)23-34-19-11-16-32(34)17-20-33(21-18-32)28(36)38-30(5,6)7;1-16-6-7-17(18(22)14-16)15-24-11-5-8-21(24)9-12-23(13-10-21)19(25)26-20(2,3)4;1-9(2,3)13-8(12)10(4,5)6-7-11/h13-14,22H,10-12,15-21,23H2,1-9H3;6-7,14H,5,8-13,15H2,1-4H3;6-7,11H2,1-5H3. The van der Waals surface area contributed by atoms with Gasteiger partial charge in [-0.25, -0.2) is 9.59 Å². The van der Waals surface area contributed by atoms with Crippen molar-refractivity contribution in [3.05, 3.63) is 68.7 Å². The van der Waals surface area contributed by atoms with Crippen LogP contribution in [0.25, 0.3) is 0 Å². The number of likely N-dealkylation sites (tertiary alicyclic amines) is 4. The van der Waals surface area contributed by atoms with Gasteiger partial charge in [-0.1, -0.05) is 51.8 Å². The van der Waals surface area contributed by atoms with Crippen molar-refractivity contribution in [1.29, 1.82) is 0 Å². The molecule has 2 aromatic rings. The van der Waals surface area contributed by atoms with Crippen molar-refractivity contribution in [3.8, 4) is 0 Å². The number of nitrogens with zero attached hydrogens (tertiary/aromatic N) is 4. The number of benzene rings is 2. The van der Waals surface area contributed by atoms with Crippen LogP contribution in [0.2, 0.25) is 0 Å². The van der Waals surface area contributed by atoms with Gasteiger partial charge in [-0.15, -0.1) is 0 Å². The first kappa shape index (κ1) is 65.8. The Morgan fingerprint density at radius 2 is 0.883 bits per heavy atom. The fourth-order valence-corrected chi connectivity index (χ4v) is 11.5. The van der Waals surface area contributed by atoms with Crippen LogP contribution in [0, 0.1) is 24.7 Å².